The molecule has 2 N–H and O–H groups in total. The van der Waals surface area contributed by atoms with E-state index in [1.807, 2.05) is 41.3 Å². The van der Waals surface area contributed by atoms with Gasteiger partial charge in [0.2, 0.25) is 5.91 Å². The first-order valence-electron chi connectivity index (χ1n) is 11.1. The van der Waals surface area contributed by atoms with Gasteiger partial charge < -0.3 is 15.1 Å². The summed E-state index contributed by atoms with van der Waals surface area (Å²) in [6.45, 7) is 0.551. The lowest BCUT2D eigenvalue weighted by atomic mass is 10.00. The molecule has 4 rings (SSSR count). The number of thiazole rings is 1. The van der Waals surface area contributed by atoms with Gasteiger partial charge in [0.05, 0.1) is 12.1 Å². The average molecular weight is 495 g/mol. The average Bonchev–Trinajstić information content (AvgIpc) is 3.46. The van der Waals surface area contributed by atoms with Crippen LogP contribution in [0, 0.1) is 0 Å². The minimum absolute atomic E-state index is 0.0377. The molecule has 0 spiro atoms. The smallest absolute Gasteiger partial charge is 0.355 e. The molecule has 1 fully saturated rings. The van der Waals surface area contributed by atoms with Crippen molar-refractivity contribution in [3.63, 3.8) is 0 Å². The van der Waals surface area contributed by atoms with Crippen LogP contribution in [0.15, 0.2) is 76.5 Å². The Morgan fingerprint density at radius 2 is 2.00 bits per heavy atom. The standard InChI is InChI=1S/C26H26N2O4S2/c29-22(16-18-5-4-8-20(15-18)19-6-2-1-3-7-19)11-9-21-10-12-24(30)28(21)13-14-33-26-27-23(17-34-26)25(31)32/h1-9,11,15,17,21-22,29H,10,12-14,16H2,(H,31,32)/t21-,22+/m0/s1. The fourth-order valence-electron chi connectivity index (χ4n) is 3.97. The highest BCUT2D eigenvalue weighted by Gasteiger charge is 2.28. The number of hydrogen-bond donors (Lipinski definition) is 2. The van der Waals surface area contributed by atoms with E-state index in [2.05, 4.69) is 29.2 Å². The molecule has 1 amide bonds. The number of amides is 1. The SMILES string of the molecule is O=C(O)c1csc(SCCN2C(=O)CC[C@@H]2C=C[C@@H](O)Cc2cccc(-c3ccccc3)c2)n1. The van der Waals surface area contributed by atoms with Crippen LogP contribution in [0.5, 0.6) is 0 Å². The summed E-state index contributed by atoms with van der Waals surface area (Å²) in [5.41, 5.74) is 3.37. The first-order valence-corrected chi connectivity index (χ1v) is 13.0. The number of aliphatic hydroxyl groups is 1. The molecule has 2 heterocycles. The van der Waals surface area contributed by atoms with Crippen molar-refractivity contribution in [3.05, 3.63) is 83.4 Å². The van der Waals surface area contributed by atoms with Crippen molar-refractivity contribution in [2.24, 2.45) is 0 Å². The van der Waals surface area contributed by atoms with Crippen molar-refractivity contribution in [2.45, 2.75) is 35.7 Å². The number of aromatic nitrogens is 1. The molecule has 0 bridgehead atoms. The van der Waals surface area contributed by atoms with Crippen molar-refractivity contribution in [1.82, 2.24) is 9.88 Å². The van der Waals surface area contributed by atoms with Gasteiger partial charge in [-0.2, -0.15) is 0 Å². The topological polar surface area (TPSA) is 90.7 Å². The molecule has 1 aliphatic rings. The van der Waals surface area contributed by atoms with Crippen LogP contribution in [-0.2, 0) is 11.2 Å². The van der Waals surface area contributed by atoms with E-state index in [9.17, 15) is 14.7 Å². The molecular weight excluding hydrogens is 468 g/mol. The predicted molar refractivity (Wildman–Crippen MR) is 135 cm³/mol. The largest absolute Gasteiger partial charge is 0.476 e. The zero-order valence-electron chi connectivity index (χ0n) is 18.5. The molecule has 0 aliphatic carbocycles. The molecule has 1 aromatic heterocycles. The number of nitrogens with zero attached hydrogens (tertiary/aromatic N) is 2. The van der Waals surface area contributed by atoms with Crippen LogP contribution in [0.3, 0.4) is 0 Å². The van der Waals surface area contributed by atoms with E-state index < -0.39 is 12.1 Å². The van der Waals surface area contributed by atoms with E-state index in [1.54, 1.807) is 6.08 Å². The third-order valence-electron chi connectivity index (χ3n) is 5.67. The van der Waals surface area contributed by atoms with Gasteiger partial charge in [-0.3, -0.25) is 4.79 Å². The van der Waals surface area contributed by atoms with E-state index in [1.165, 1.54) is 28.5 Å². The zero-order valence-corrected chi connectivity index (χ0v) is 20.2. The number of carboxylic acid groups (broad SMARTS) is 1. The van der Waals surface area contributed by atoms with Gasteiger partial charge in [0.15, 0.2) is 10.0 Å². The summed E-state index contributed by atoms with van der Waals surface area (Å²) in [7, 11) is 0. The second kappa shape index (κ2) is 11.5. The number of thioether (sulfide) groups is 1. The normalized spacial score (nSPS) is 16.9. The molecule has 2 atom stereocenters. The Morgan fingerprint density at radius 1 is 1.21 bits per heavy atom. The Morgan fingerprint density at radius 3 is 2.76 bits per heavy atom. The fourth-order valence-corrected chi connectivity index (χ4v) is 5.78. The van der Waals surface area contributed by atoms with Gasteiger partial charge in [0, 0.05) is 30.5 Å². The minimum Gasteiger partial charge on any atom is -0.476 e. The maximum Gasteiger partial charge on any atom is 0.355 e. The van der Waals surface area contributed by atoms with Crippen LogP contribution in [-0.4, -0.2) is 56.4 Å². The number of rotatable bonds is 10. The quantitative estimate of drug-likeness (QED) is 0.312. The first kappa shape index (κ1) is 24.2. The highest BCUT2D eigenvalue weighted by atomic mass is 32.2. The summed E-state index contributed by atoms with van der Waals surface area (Å²) < 4.78 is 0.685. The van der Waals surface area contributed by atoms with Gasteiger partial charge >= 0.3 is 5.97 Å². The van der Waals surface area contributed by atoms with Gasteiger partial charge in [-0.25, -0.2) is 9.78 Å². The zero-order chi connectivity index (χ0) is 23.9. The lowest BCUT2D eigenvalue weighted by Gasteiger charge is -2.22. The number of carbonyl (C=O) groups excluding carboxylic acids is 1. The van der Waals surface area contributed by atoms with Crippen molar-refractivity contribution < 1.29 is 19.8 Å². The molecule has 176 valence electrons. The second-order valence-corrected chi connectivity index (χ2v) is 10.3. The monoisotopic (exact) mass is 494 g/mol. The van der Waals surface area contributed by atoms with Gasteiger partial charge in [0.25, 0.3) is 0 Å². The highest BCUT2D eigenvalue weighted by Crippen LogP contribution is 2.26. The van der Waals surface area contributed by atoms with Crippen molar-refractivity contribution in [2.75, 3.05) is 12.3 Å². The number of likely N-dealkylation sites (tertiary alicyclic amines) is 1. The Kier molecular flexibility index (Phi) is 8.16. The summed E-state index contributed by atoms with van der Waals surface area (Å²) in [6.07, 6.45) is 4.82. The molecular formula is C26H26N2O4S2. The maximum absolute atomic E-state index is 12.4. The van der Waals surface area contributed by atoms with Gasteiger partial charge in [0.1, 0.15) is 0 Å². The Bertz CT molecular complexity index is 1160. The summed E-state index contributed by atoms with van der Waals surface area (Å²) in [6, 6.07) is 18.3. The summed E-state index contributed by atoms with van der Waals surface area (Å²) in [4.78, 5) is 29.2. The molecule has 3 aromatic rings. The number of carboxylic acids is 1. The Balaban J connectivity index is 1.31. The lowest BCUT2D eigenvalue weighted by molar-refractivity contribution is -0.128. The molecule has 2 aromatic carbocycles. The van der Waals surface area contributed by atoms with Crippen LogP contribution >= 0.6 is 23.1 Å². The van der Waals surface area contributed by atoms with E-state index in [0.717, 1.165) is 23.1 Å². The van der Waals surface area contributed by atoms with E-state index in [4.69, 9.17) is 5.11 Å². The lowest BCUT2D eigenvalue weighted by Crippen LogP contribution is -2.33. The number of aliphatic hydroxyl groups excluding tert-OH is 1. The van der Waals surface area contributed by atoms with Crippen molar-refractivity contribution >= 4 is 35.0 Å². The molecule has 0 unspecified atom stereocenters. The summed E-state index contributed by atoms with van der Waals surface area (Å²) in [5, 5.41) is 21.1. The fraction of sp³-hybridized carbons (Fsp3) is 0.269. The minimum atomic E-state index is -1.03. The van der Waals surface area contributed by atoms with Gasteiger partial charge in [-0.15, -0.1) is 11.3 Å². The molecule has 1 saturated heterocycles. The molecule has 0 radical (unpaired) electrons. The van der Waals surface area contributed by atoms with Crippen molar-refractivity contribution in [1.29, 1.82) is 0 Å². The van der Waals surface area contributed by atoms with E-state index in [0.29, 0.717) is 29.5 Å². The third kappa shape index (κ3) is 6.34. The predicted octanol–water partition coefficient (Wildman–Crippen LogP) is 4.75. The Hall–Kier alpha value is -2.94. The number of benzene rings is 2. The number of hydrogen-bond acceptors (Lipinski definition) is 6. The number of carbonyl (C=O) groups is 2. The molecule has 6 nitrogen and oxygen atoms in total. The summed E-state index contributed by atoms with van der Waals surface area (Å²) in [5.74, 6) is -0.295. The Labute approximate surface area is 207 Å². The van der Waals surface area contributed by atoms with E-state index in [-0.39, 0.29) is 17.6 Å². The number of aromatic carboxylic acids is 1. The second-order valence-electron chi connectivity index (χ2n) is 8.07. The van der Waals surface area contributed by atoms with Crippen molar-refractivity contribution in [3.8, 4) is 11.1 Å². The highest BCUT2D eigenvalue weighted by molar-refractivity contribution is 8.01. The van der Waals surface area contributed by atoms with Gasteiger partial charge in [-0.1, -0.05) is 78.5 Å². The molecule has 8 heteroatoms. The molecule has 0 saturated carbocycles. The van der Waals surface area contributed by atoms with Crippen LogP contribution < -0.4 is 0 Å². The maximum atomic E-state index is 12.4. The van der Waals surface area contributed by atoms with Crippen LogP contribution in [0.4, 0.5) is 0 Å². The van der Waals surface area contributed by atoms with Crippen LogP contribution in [0.2, 0.25) is 0 Å². The van der Waals surface area contributed by atoms with Crippen LogP contribution in [0.1, 0.15) is 28.9 Å². The summed E-state index contributed by atoms with van der Waals surface area (Å²) >= 11 is 2.75. The van der Waals surface area contributed by atoms with E-state index >= 15 is 0 Å². The van der Waals surface area contributed by atoms with Crippen LogP contribution in [0.25, 0.3) is 11.1 Å². The third-order valence-corrected chi connectivity index (χ3v) is 7.67. The van der Waals surface area contributed by atoms with Gasteiger partial charge in [-0.05, 0) is 23.1 Å². The molecule has 1 aliphatic heterocycles. The molecule has 34 heavy (non-hydrogen) atoms. The first-order chi connectivity index (χ1) is 16.5.